The van der Waals surface area contributed by atoms with E-state index >= 15 is 0 Å². The van der Waals surface area contributed by atoms with Crippen LogP contribution in [0.25, 0.3) is 11.5 Å². The van der Waals surface area contributed by atoms with Gasteiger partial charge in [-0.15, -0.1) is 10.2 Å². The second kappa shape index (κ2) is 10.1. The van der Waals surface area contributed by atoms with Gasteiger partial charge in [-0.05, 0) is 26.0 Å². The van der Waals surface area contributed by atoms with Crippen molar-refractivity contribution in [3.8, 4) is 17.2 Å². The third-order valence-corrected chi connectivity index (χ3v) is 5.10. The molecule has 0 radical (unpaired) electrons. The van der Waals surface area contributed by atoms with Gasteiger partial charge in [0.15, 0.2) is 0 Å². The van der Waals surface area contributed by atoms with Gasteiger partial charge in [0.1, 0.15) is 5.75 Å². The summed E-state index contributed by atoms with van der Waals surface area (Å²) in [6.45, 7) is 6.45. The lowest BCUT2D eigenvalue weighted by Gasteiger charge is -2.33. The summed E-state index contributed by atoms with van der Waals surface area (Å²) in [5.41, 5.74) is 0.718. The summed E-state index contributed by atoms with van der Waals surface area (Å²) in [5, 5.41) is 8.41. The van der Waals surface area contributed by atoms with Crippen LogP contribution in [0.15, 0.2) is 33.9 Å². The van der Waals surface area contributed by atoms with Gasteiger partial charge >= 0.3 is 6.09 Å². The summed E-state index contributed by atoms with van der Waals surface area (Å²) in [5.74, 6) is 1.18. The maximum atomic E-state index is 12.5. The van der Waals surface area contributed by atoms with E-state index in [9.17, 15) is 9.59 Å². The van der Waals surface area contributed by atoms with E-state index < -0.39 is 0 Å². The summed E-state index contributed by atoms with van der Waals surface area (Å²) < 4.78 is 16.3. The Balaban J connectivity index is 1.51. The second-order valence-electron chi connectivity index (χ2n) is 6.16. The van der Waals surface area contributed by atoms with Crippen molar-refractivity contribution in [2.45, 2.75) is 19.1 Å². The number of thioether (sulfide) groups is 1. The van der Waals surface area contributed by atoms with Crippen LogP contribution >= 0.6 is 11.8 Å². The number of nitrogens with zero attached hydrogens (tertiary/aromatic N) is 4. The molecule has 2 aromatic rings. The van der Waals surface area contributed by atoms with Crippen molar-refractivity contribution in [2.75, 3.05) is 45.1 Å². The van der Waals surface area contributed by atoms with Gasteiger partial charge in [-0.25, -0.2) is 4.79 Å². The minimum absolute atomic E-state index is 0.0343. The molecule has 29 heavy (non-hydrogen) atoms. The first-order valence-corrected chi connectivity index (χ1v) is 10.5. The van der Waals surface area contributed by atoms with Crippen LogP contribution in [0.2, 0.25) is 0 Å². The Hall–Kier alpha value is -2.75. The van der Waals surface area contributed by atoms with Crippen molar-refractivity contribution in [2.24, 2.45) is 0 Å². The average Bonchev–Trinajstić information content (AvgIpc) is 3.22. The summed E-state index contributed by atoms with van der Waals surface area (Å²) >= 11 is 1.19. The first kappa shape index (κ1) is 21.0. The lowest BCUT2D eigenvalue weighted by Crippen LogP contribution is -2.51. The SMILES string of the molecule is CCOC(=O)N1CCN(C(=O)CSc2nnc(-c3ccccc3OCC)o2)CC1. The number of amides is 2. The van der Waals surface area contributed by atoms with E-state index in [2.05, 4.69) is 10.2 Å². The van der Waals surface area contributed by atoms with Gasteiger partial charge in [-0.3, -0.25) is 4.79 Å². The molecule has 0 N–H and O–H groups in total. The number of benzene rings is 1. The Morgan fingerprint density at radius 3 is 2.52 bits per heavy atom. The van der Waals surface area contributed by atoms with E-state index in [-0.39, 0.29) is 17.8 Å². The molecule has 1 fully saturated rings. The molecule has 0 bridgehead atoms. The zero-order valence-electron chi connectivity index (χ0n) is 16.5. The first-order valence-electron chi connectivity index (χ1n) is 9.50. The van der Waals surface area contributed by atoms with Crippen LogP contribution in [0.5, 0.6) is 5.75 Å². The van der Waals surface area contributed by atoms with Gasteiger partial charge in [0.05, 0.1) is 24.5 Å². The zero-order chi connectivity index (χ0) is 20.6. The number of carbonyl (C=O) groups is 2. The van der Waals surface area contributed by atoms with Gasteiger partial charge in [-0.2, -0.15) is 0 Å². The van der Waals surface area contributed by atoms with Crippen LogP contribution in [0.1, 0.15) is 13.8 Å². The summed E-state index contributed by atoms with van der Waals surface area (Å²) in [6.07, 6.45) is -0.334. The van der Waals surface area contributed by atoms with Crippen LogP contribution in [-0.2, 0) is 9.53 Å². The molecule has 1 aromatic heterocycles. The van der Waals surface area contributed by atoms with Gasteiger partial charge < -0.3 is 23.7 Å². The van der Waals surface area contributed by atoms with Crippen molar-refractivity contribution in [1.82, 2.24) is 20.0 Å². The fraction of sp³-hybridized carbons (Fsp3) is 0.474. The predicted molar refractivity (Wildman–Crippen MR) is 107 cm³/mol. The molecule has 0 unspecified atom stereocenters. The van der Waals surface area contributed by atoms with Crippen LogP contribution in [0.4, 0.5) is 4.79 Å². The highest BCUT2D eigenvalue weighted by atomic mass is 32.2. The maximum Gasteiger partial charge on any atom is 0.409 e. The largest absolute Gasteiger partial charge is 0.493 e. The topological polar surface area (TPSA) is 98.0 Å². The first-order chi connectivity index (χ1) is 14.1. The van der Waals surface area contributed by atoms with E-state index in [4.69, 9.17) is 13.9 Å². The number of rotatable bonds is 7. The Kier molecular flexibility index (Phi) is 7.34. The molecule has 156 valence electrons. The molecule has 3 rings (SSSR count). The number of carbonyl (C=O) groups excluding carboxylic acids is 2. The average molecular weight is 420 g/mol. The standard InChI is InChI=1S/C19H24N4O5S/c1-3-26-15-8-6-5-7-14(15)17-20-21-18(28-17)29-13-16(24)22-9-11-23(12-10-22)19(25)27-4-2/h5-8H,3-4,9-13H2,1-2H3. The van der Waals surface area contributed by atoms with Gasteiger partial charge in [-0.1, -0.05) is 23.9 Å². The summed E-state index contributed by atoms with van der Waals surface area (Å²) in [7, 11) is 0. The molecule has 0 saturated carbocycles. The molecule has 0 spiro atoms. The van der Waals surface area contributed by atoms with Crippen LogP contribution in [0.3, 0.4) is 0 Å². The predicted octanol–water partition coefficient (Wildman–Crippen LogP) is 2.53. The number of hydrogen-bond acceptors (Lipinski definition) is 8. The monoisotopic (exact) mass is 420 g/mol. The minimum atomic E-state index is -0.334. The van der Waals surface area contributed by atoms with Crippen LogP contribution in [-0.4, -0.2) is 77.1 Å². The third-order valence-electron chi connectivity index (χ3n) is 4.30. The molecule has 1 aliphatic heterocycles. The van der Waals surface area contributed by atoms with Crippen LogP contribution in [0, 0.1) is 0 Å². The molecule has 2 amide bonds. The van der Waals surface area contributed by atoms with Crippen molar-refractivity contribution in [3.05, 3.63) is 24.3 Å². The van der Waals surface area contributed by atoms with Crippen molar-refractivity contribution < 1.29 is 23.5 Å². The maximum absolute atomic E-state index is 12.5. The van der Waals surface area contributed by atoms with E-state index in [1.165, 1.54) is 11.8 Å². The quantitative estimate of drug-likeness (QED) is 0.630. The molecule has 1 aromatic carbocycles. The Labute approximate surface area is 173 Å². The molecular formula is C19H24N4O5S. The van der Waals surface area contributed by atoms with E-state index in [1.807, 2.05) is 31.2 Å². The number of hydrogen-bond donors (Lipinski definition) is 0. The number of aromatic nitrogens is 2. The van der Waals surface area contributed by atoms with Crippen molar-refractivity contribution >= 4 is 23.8 Å². The van der Waals surface area contributed by atoms with Gasteiger partial charge in [0, 0.05) is 26.2 Å². The highest BCUT2D eigenvalue weighted by Gasteiger charge is 2.25. The van der Waals surface area contributed by atoms with E-state index in [0.29, 0.717) is 56.3 Å². The molecule has 2 heterocycles. The van der Waals surface area contributed by atoms with Crippen LogP contribution < -0.4 is 4.74 Å². The molecule has 0 atom stereocenters. The number of piperazine rings is 1. The fourth-order valence-electron chi connectivity index (χ4n) is 2.87. The number of para-hydroxylation sites is 1. The molecular weight excluding hydrogens is 396 g/mol. The Bertz CT molecular complexity index is 836. The van der Waals surface area contributed by atoms with Gasteiger partial charge in [0.25, 0.3) is 11.1 Å². The Morgan fingerprint density at radius 2 is 1.79 bits per heavy atom. The molecule has 1 saturated heterocycles. The normalized spacial score (nSPS) is 14.0. The lowest BCUT2D eigenvalue weighted by molar-refractivity contribution is -0.129. The fourth-order valence-corrected chi connectivity index (χ4v) is 3.54. The lowest BCUT2D eigenvalue weighted by atomic mass is 10.2. The van der Waals surface area contributed by atoms with Crippen molar-refractivity contribution in [3.63, 3.8) is 0 Å². The highest BCUT2D eigenvalue weighted by Crippen LogP contribution is 2.30. The number of ether oxygens (including phenoxy) is 2. The third kappa shape index (κ3) is 5.41. The smallest absolute Gasteiger partial charge is 0.409 e. The summed E-state index contributed by atoms with van der Waals surface area (Å²) in [6, 6.07) is 7.44. The van der Waals surface area contributed by atoms with E-state index in [0.717, 1.165) is 5.56 Å². The highest BCUT2D eigenvalue weighted by molar-refractivity contribution is 7.99. The minimum Gasteiger partial charge on any atom is -0.493 e. The molecule has 1 aliphatic rings. The molecule has 0 aliphatic carbocycles. The Morgan fingerprint density at radius 1 is 1.07 bits per heavy atom. The molecule has 9 nitrogen and oxygen atoms in total. The second-order valence-corrected chi connectivity index (χ2v) is 7.08. The van der Waals surface area contributed by atoms with Gasteiger partial charge in [0.2, 0.25) is 5.91 Å². The molecule has 10 heteroatoms. The summed E-state index contributed by atoms with van der Waals surface area (Å²) in [4.78, 5) is 27.5. The van der Waals surface area contributed by atoms with E-state index in [1.54, 1.807) is 16.7 Å². The van der Waals surface area contributed by atoms with Crippen molar-refractivity contribution in [1.29, 1.82) is 0 Å². The zero-order valence-corrected chi connectivity index (χ0v) is 17.3.